The molecule has 1 unspecified atom stereocenters. The van der Waals surface area contributed by atoms with Gasteiger partial charge in [-0.25, -0.2) is 0 Å². The van der Waals surface area contributed by atoms with Gasteiger partial charge in [0, 0.05) is 0 Å². The fraction of sp³-hybridized carbons (Fsp3) is 0.214. The second-order valence-electron chi connectivity index (χ2n) is 4.34. The lowest BCUT2D eigenvalue weighted by molar-refractivity contribution is -0.138. The minimum atomic E-state index is -4.44. The number of carboxylic acid groups (broad SMARTS) is 1. The average molecular weight is 268 g/mol. The molecule has 0 saturated heterocycles. The molecule has 2 rings (SSSR count). The summed E-state index contributed by atoms with van der Waals surface area (Å²) >= 11 is 0. The SMILES string of the molecule is CC(C(=O)O)c1cccc2ccc(C(F)(F)F)cc12. The summed E-state index contributed by atoms with van der Waals surface area (Å²) in [4.78, 5) is 11.0. The van der Waals surface area contributed by atoms with Crippen molar-refractivity contribution in [3.05, 3.63) is 47.5 Å². The van der Waals surface area contributed by atoms with Gasteiger partial charge in [-0.15, -0.1) is 0 Å². The predicted molar refractivity (Wildman–Crippen MR) is 65.0 cm³/mol. The van der Waals surface area contributed by atoms with Crippen LogP contribution in [0.4, 0.5) is 13.2 Å². The van der Waals surface area contributed by atoms with Crippen molar-refractivity contribution in [3.8, 4) is 0 Å². The molecule has 0 heterocycles. The number of halogens is 3. The highest BCUT2D eigenvalue weighted by atomic mass is 19.4. The lowest BCUT2D eigenvalue weighted by Crippen LogP contribution is -2.09. The van der Waals surface area contributed by atoms with Gasteiger partial charge in [0.1, 0.15) is 0 Å². The number of alkyl halides is 3. The minimum absolute atomic E-state index is 0.326. The van der Waals surface area contributed by atoms with Crippen LogP contribution in [-0.2, 0) is 11.0 Å². The third-order valence-corrected chi connectivity index (χ3v) is 3.08. The van der Waals surface area contributed by atoms with Crippen molar-refractivity contribution >= 4 is 16.7 Å². The highest BCUT2D eigenvalue weighted by Gasteiger charge is 2.30. The molecule has 0 amide bonds. The number of aliphatic carboxylic acids is 1. The molecule has 2 aromatic carbocycles. The summed E-state index contributed by atoms with van der Waals surface area (Å²) in [5, 5.41) is 9.92. The van der Waals surface area contributed by atoms with Crippen molar-refractivity contribution in [1.82, 2.24) is 0 Å². The quantitative estimate of drug-likeness (QED) is 0.892. The van der Waals surface area contributed by atoms with Crippen LogP contribution in [0.5, 0.6) is 0 Å². The van der Waals surface area contributed by atoms with E-state index in [1.807, 2.05) is 0 Å². The van der Waals surface area contributed by atoms with Crippen LogP contribution in [0.2, 0.25) is 0 Å². The van der Waals surface area contributed by atoms with E-state index in [0.29, 0.717) is 16.3 Å². The molecule has 1 N–H and O–H groups in total. The Morgan fingerprint density at radius 3 is 2.47 bits per heavy atom. The molecule has 5 heteroatoms. The molecule has 0 aromatic heterocycles. The van der Waals surface area contributed by atoms with Crippen molar-refractivity contribution < 1.29 is 23.1 Å². The van der Waals surface area contributed by atoms with Crippen LogP contribution < -0.4 is 0 Å². The molecule has 0 spiro atoms. The molecule has 100 valence electrons. The Morgan fingerprint density at radius 2 is 1.89 bits per heavy atom. The molecular formula is C14H11F3O2. The van der Waals surface area contributed by atoms with E-state index >= 15 is 0 Å². The van der Waals surface area contributed by atoms with Crippen LogP contribution in [-0.4, -0.2) is 11.1 Å². The highest BCUT2D eigenvalue weighted by Crippen LogP contribution is 2.34. The molecule has 0 aliphatic rings. The van der Waals surface area contributed by atoms with Gasteiger partial charge in [0.2, 0.25) is 0 Å². The third kappa shape index (κ3) is 2.54. The van der Waals surface area contributed by atoms with Crippen molar-refractivity contribution in [2.24, 2.45) is 0 Å². The molecule has 2 nitrogen and oxygen atoms in total. The van der Waals surface area contributed by atoms with Gasteiger partial charge in [0.15, 0.2) is 0 Å². The fourth-order valence-electron chi connectivity index (χ4n) is 1.98. The van der Waals surface area contributed by atoms with E-state index in [0.717, 1.165) is 12.1 Å². The van der Waals surface area contributed by atoms with Gasteiger partial charge >= 0.3 is 12.1 Å². The molecule has 0 fully saturated rings. The largest absolute Gasteiger partial charge is 0.481 e. The van der Waals surface area contributed by atoms with Crippen LogP contribution in [0.15, 0.2) is 36.4 Å². The summed E-state index contributed by atoms with van der Waals surface area (Å²) in [7, 11) is 0. The highest BCUT2D eigenvalue weighted by molar-refractivity contribution is 5.91. The number of carbonyl (C=O) groups is 1. The Morgan fingerprint density at radius 1 is 1.21 bits per heavy atom. The molecule has 19 heavy (non-hydrogen) atoms. The summed E-state index contributed by atoms with van der Waals surface area (Å²) < 4.78 is 38.1. The van der Waals surface area contributed by atoms with E-state index < -0.39 is 23.6 Å². The Bertz CT molecular complexity index is 632. The molecule has 0 saturated carbocycles. The molecule has 0 radical (unpaired) electrons. The fourth-order valence-corrected chi connectivity index (χ4v) is 1.98. The van der Waals surface area contributed by atoms with E-state index in [-0.39, 0.29) is 0 Å². The first kappa shape index (κ1) is 13.4. The Kier molecular flexibility index (Phi) is 3.22. The average Bonchev–Trinajstić information content (AvgIpc) is 2.35. The van der Waals surface area contributed by atoms with Gasteiger partial charge < -0.3 is 5.11 Å². The normalized spacial score (nSPS) is 13.5. The zero-order valence-corrected chi connectivity index (χ0v) is 10.0. The maximum Gasteiger partial charge on any atom is 0.416 e. The number of benzene rings is 2. The van der Waals surface area contributed by atoms with E-state index in [4.69, 9.17) is 5.11 Å². The van der Waals surface area contributed by atoms with Crippen molar-refractivity contribution in [1.29, 1.82) is 0 Å². The zero-order chi connectivity index (χ0) is 14.2. The summed E-state index contributed by atoms with van der Waals surface area (Å²) in [6.07, 6.45) is -4.44. The molecule has 2 aromatic rings. The third-order valence-electron chi connectivity index (χ3n) is 3.08. The molecule has 0 aliphatic heterocycles. The van der Waals surface area contributed by atoms with Crippen LogP contribution in [0.3, 0.4) is 0 Å². The number of hydrogen-bond acceptors (Lipinski definition) is 1. The molecule has 0 bridgehead atoms. The summed E-state index contributed by atoms with van der Waals surface area (Å²) in [5.41, 5.74) is -0.388. The van der Waals surface area contributed by atoms with Gasteiger partial charge in [0.05, 0.1) is 11.5 Å². The topological polar surface area (TPSA) is 37.3 Å². The minimum Gasteiger partial charge on any atom is -0.481 e. The standard InChI is InChI=1S/C14H11F3O2/c1-8(13(18)19)11-4-2-3-9-5-6-10(7-12(9)11)14(15,16)17/h2-8H,1H3,(H,18,19). The Balaban J connectivity index is 2.68. The van der Waals surface area contributed by atoms with E-state index in [1.165, 1.54) is 13.0 Å². The van der Waals surface area contributed by atoms with Crippen molar-refractivity contribution in [2.75, 3.05) is 0 Å². The van der Waals surface area contributed by atoms with Crippen LogP contribution >= 0.6 is 0 Å². The van der Waals surface area contributed by atoms with E-state index in [1.54, 1.807) is 18.2 Å². The first-order valence-electron chi connectivity index (χ1n) is 5.63. The summed E-state index contributed by atoms with van der Waals surface area (Å²) in [5.74, 6) is -1.92. The lowest BCUT2D eigenvalue weighted by atomic mass is 9.93. The van der Waals surface area contributed by atoms with Crippen LogP contribution in [0, 0.1) is 0 Å². The molecule has 0 aliphatic carbocycles. The number of rotatable bonds is 2. The predicted octanol–water partition coefficient (Wildman–Crippen LogP) is 4.05. The first-order chi connectivity index (χ1) is 8.80. The summed E-state index contributed by atoms with van der Waals surface area (Å²) in [6, 6.07) is 8.21. The second-order valence-corrected chi connectivity index (χ2v) is 4.34. The maximum atomic E-state index is 12.7. The van der Waals surface area contributed by atoms with Gasteiger partial charge in [-0.05, 0) is 35.4 Å². The van der Waals surface area contributed by atoms with Gasteiger partial charge in [-0.3, -0.25) is 4.79 Å². The maximum absolute atomic E-state index is 12.7. The van der Waals surface area contributed by atoms with Gasteiger partial charge in [-0.2, -0.15) is 13.2 Å². The van der Waals surface area contributed by atoms with Crippen LogP contribution in [0.1, 0.15) is 24.0 Å². The number of carboxylic acids is 1. The van der Waals surface area contributed by atoms with Gasteiger partial charge in [-0.1, -0.05) is 24.3 Å². The first-order valence-corrected chi connectivity index (χ1v) is 5.63. The van der Waals surface area contributed by atoms with Gasteiger partial charge in [0.25, 0.3) is 0 Å². The monoisotopic (exact) mass is 268 g/mol. The Labute approximate surface area is 107 Å². The smallest absolute Gasteiger partial charge is 0.416 e. The number of fused-ring (bicyclic) bond motifs is 1. The van der Waals surface area contributed by atoms with E-state index in [2.05, 4.69) is 0 Å². The zero-order valence-electron chi connectivity index (χ0n) is 10.0. The van der Waals surface area contributed by atoms with Crippen molar-refractivity contribution in [2.45, 2.75) is 19.0 Å². The molecular weight excluding hydrogens is 257 g/mol. The Hall–Kier alpha value is -2.04. The van der Waals surface area contributed by atoms with Crippen LogP contribution in [0.25, 0.3) is 10.8 Å². The molecule has 1 atom stereocenters. The summed E-state index contributed by atoms with van der Waals surface area (Å²) in [6.45, 7) is 1.46. The second kappa shape index (κ2) is 4.57. The van der Waals surface area contributed by atoms with Crippen molar-refractivity contribution in [3.63, 3.8) is 0 Å². The van der Waals surface area contributed by atoms with E-state index in [9.17, 15) is 18.0 Å². The lowest BCUT2D eigenvalue weighted by Gasteiger charge is -2.13. The number of hydrogen-bond donors (Lipinski definition) is 1.